The molecule has 1 rings (SSSR count). The summed E-state index contributed by atoms with van der Waals surface area (Å²) in [5, 5.41) is 35.0. The molecule has 0 fully saturated rings. The highest BCUT2D eigenvalue weighted by atomic mass is 32.1. The molecule has 4 unspecified atom stereocenters. The minimum Gasteiger partial charge on any atom is -0.508 e. The first kappa shape index (κ1) is 29.7. The van der Waals surface area contributed by atoms with Crippen molar-refractivity contribution in [2.75, 3.05) is 5.75 Å². The molecule has 3 amide bonds. The quantitative estimate of drug-likeness (QED) is 0.147. The Hall–Kier alpha value is -3.32. The van der Waals surface area contributed by atoms with Crippen LogP contribution in [0, 0.1) is 5.92 Å². The molecule has 13 heteroatoms. The number of carboxylic acid groups (broad SMARTS) is 2. The molecule has 1 aromatic rings. The second-order valence-electron chi connectivity index (χ2n) is 8.41. The van der Waals surface area contributed by atoms with Crippen molar-refractivity contribution in [2.45, 2.75) is 57.3 Å². The highest BCUT2D eigenvalue weighted by molar-refractivity contribution is 7.80. The van der Waals surface area contributed by atoms with Crippen LogP contribution in [0.5, 0.6) is 5.75 Å². The van der Waals surface area contributed by atoms with Crippen LogP contribution in [-0.2, 0) is 30.4 Å². The number of benzene rings is 1. The number of hydrogen-bond acceptors (Lipinski definition) is 8. The van der Waals surface area contributed by atoms with Crippen molar-refractivity contribution >= 4 is 42.3 Å². The van der Waals surface area contributed by atoms with E-state index in [1.807, 2.05) is 0 Å². The molecule has 0 aliphatic rings. The first-order valence-corrected chi connectivity index (χ1v) is 11.5. The maximum Gasteiger partial charge on any atom is 0.326 e. The van der Waals surface area contributed by atoms with Crippen molar-refractivity contribution < 1.29 is 39.3 Å². The largest absolute Gasteiger partial charge is 0.508 e. The summed E-state index contributed by atoms with van der Waals surface area (Å²) in [6.45, 7) is 3.51. The molecule has 0 aliphatic carbocycles. The fourth-order valence-corrected chi connectivity index (χ4v) is 3.23. The number of carbonyl (C=O) groups excluding carboxylic acids is 3. The van der Waals surface area contributed by atoms with Crippen LogP contribution in [0.1, 0.15) is 32.3 Å². The lowest BCUT2D eigenvalue weighted by atomic mass is 10.0. The monoisotopic (exact) mass is 512 g/mol. The number of nitrogens with two attached hydrogens (primary N) is 1. The Bertz CT molecular complexity index is 909. The summed E-state index contributed by atoms with van der Waals surface area (Å²) in [6.07, 6.45) is -0.790. The lowest BCUT2D eigenvalue weighted by Gasteiger charge is -2.25. The molecule has 0 aliphatic heterocycles. The van der Waals surface area contributed by atoms with Gasteiger partial charge in [0.25, 0.3) is 0 Å². The fraction of sp³-hybridized carbons (Fsp3) is 0.500. The van der Waals surface area contributed by atoms with Gasteiger partial charge in [-0.15, -0.1) is 0 Å². The molecule has 0 radical (unpaired) electrons. The number of phenolic OH excluding ortho intramolecular Hbond substituents is 1. The van der Waals surface area contributed by atoms with Crippen molar-refractivity contribution in [3.05, 3.63) is 29.8 Å². The van der Waals surface area contributed by atoms with Crippen LogP contribution in [0.2, 0.25) is 0 Å². The van der Waals surface area contributed by atoms with E-state index in [0.717, 1.165) is 0 Å². The molecule has 194 valence electrons. The lowest BCUT2D eigenvalue weighted by molar-refractivity contribution is -0.144. The van der Waals surface area contributed by atoms with E-state index >= 15 is 0 Å². The maximum absolute atomic E-state index is 13.0. The molecule has 35 heavy (non-hydrogen) atoms. The predicted octanol–water partition coefficient (Wildman–Crippen LogP) is -0.748. The van der Waals surface area contributed by atoms with Crippen LogP contribution in [0.15, 0.2) is 24.3 Å². The van der Waals surface area contributed by atoms with Gasteiger partial charge >= 0.3 is 11.9 Å². The minimum atomic E-state index is -1.60. The van der Waals surface area contributed by atoms with Crippen molar-refractivity contribution in [2.24, 2.45) is 11.7 Å². The van der Waals surface area contributed by atoms with E-state index in [1.165, 1.54) is 24.3 Å². The van der Waals surface area contributed by atoms with Gasteiger partial charge in [0.05, 0.1) is 12.5 Å². The van der Waals surface area contributed by atoms with Gasteiger partial charge in [0.15, 0.2) is 0 Å². The van der Waals surface area contributed by atoms with Crippen LogP contribution in [0.25, 0.3) is 0 Å². The highest BCUT2D eigenvalue weighted by Gasteiger charge is 2.31. The number of carbonyl (C=O) groups is 5. The molecule has 0 aromatic heterocycles. The van der Waals surface area contributed by atoms with E-state index in [2.05, 4.69) is 28.6 Å². The van der Waals surface area contributed by atoms with Crippen molar-refractivity contribution in [3.8, 4) is 5.75 Å². The van der Waals surface area contributed by atoms with Crippen LogP contribution >= 0.6 is 12.6 Å². The molecule has 8 N–H and O–H groups in total. The topological polar surface area (TPSA) is 208 Å². The number of amides is 3. The molecule has 1 aromatic carbocycles. The third kappa shape index (κ3) is 10.6. The molecule has 0 saturated carbocycles. The number of thiol groups is 1. The Morgan fingerprint density at radius 2 is 1.40 bits per heavy atom. The zero-order valence-corrected chi connectivity index (χ0v) is 20.3. The van der Waals surface area contributed by atoms with Crippen molar-refractivity contribution in [1.29, 1.82) is 0 Å². The summed E-state index contributed by atoms with van der Waals surface area (Å²) >= 11 is 3.95. The molecule has 12 nitrogen and oxygen atoms in total. The third-order valence-corrected chi connectivity index (χ3v) is 5.27. The number of aliphatic carboxylic acids is 2. The SMILES string of the molecule is CC(C)CC(NC(=O)C(CC(=O)O)NC(=O)C(Cc1ccc(O)cc1)NC(=O)C(N)CS)C(=O)O. The second kappa shape index (κ2) is 14.2. The van der Waals surface area contributed by atoms with Gasteiger partial charge in [-0.25, -0.2) is 4.79 Å². The Morgan fingerprint density at radius 1 is 0.886 bits per heavy atom. The normalized spacial score (nSPS) is 14.3. The minimum absolute atomic E-state index is 0.00411. The Kier molecular flexibility index (Phi) is 12.0. The highest BCUT2D eigenvalue weighted by Crippen LogP contribution is 2.12. The van der Waals surface area contributed by atoms with Gasteiger partial charge in [-0.1, -0.05) is 26.0 Å². The summed E-state index contributed by atoms with van der Waals surface area (Å²) in [7, 11) is 0. The molecule has 0 saturated heterocycles. The van der Waals surface area contributed by atoms with Crippen molar-refractivity contribution in [3.63, 3.8) is 0 Å². The number of rotatable bonds is 14. The zero-order chi connectivity index (χ0) is 26.7. The van der Waals surface area contributed by atoms with Gasteiger partial charge in [-0.05, 0) is 30.0 Å². The number of hydrogen-bond donors (Lipinski definition) is 8. The summed E-state index contributed by atoms with van der Waals surface area (Å²) in [6, 6.07) is 0.631. The zero-order valence-electron chi connectivity index (χ0n) is 19.4. The Morgan fingerprint density at radius 3 is 1.89 bits per heavy atom. The van der Waals surface area contributed by atoms with Crippen LogP contribution in [0.4, 0.5) is 0 Å². The number of phenols is 1. The summed E-state index contributed by atoms with van der Waals surface area (Å²) in [5.41, 5.74) is 6.21. The molecule has 0 bridgehead atoms. The average Bonchev–Trinajstić information content (AvgIpc) is 2.77. The smallest absolute Gasteiger partial charge is 0.326 e. The summed E-state index contributed by atoms with van der Waals surface area (Å²) in [4.78, 5) is 60.9. The second-order valence-corrected chi connectivity index (χ2v) is 8.77. The van der Waals surface area contributed by atoms with Gasteiger partial charge in [0.1, 0.15) is 23.9 Å². The molecular formula is C22H32N4O8S. The van der Waals surface area contributed by atoms with E-state index in [1.54, 1.807) is 13.8 Å². The molecule has 0 spiro atoms. The number of carboxylic acids is 2. The van der Waals surface area contributed by atoms with Crippen LogP contribution in [-0.4, -0.2) is 74.9 Å². The van der Waals surface area contributed by atoms with Gasteiger partial charge in [0.2, 0.25) is 17.7 Å². The van der Waals surface area contributed by atoms with Crippen molar-refractivity contribution in [1.82, 2.24) is 16.0 Å². The van der Waals surface area contributed by atoms with Gasteiger partial charge < -0.3 is 37.0 Å². The van der Waals surface area contributed by atoms with Crippen LogP contribution < -0.4 is 21.7 Å². The lowest BCUT2D eigenvalue weighted by Crippen LogP contribution is -2.58. The molecular weight excluding hydrogens is 480 g/mol. The van der Waals surface area contributed by atoms with Crippen LogP contribution in [0.3, 0.4) is 0 Å². The maximum atomic E-state index is 13.0. The first-order valence-electron chi connectivity index (χ1n) is 10.8. The van der Waals surface area contributed by atoms with Gasteiger partial charge in [-0.2, -0.15) is 12.6 Å². The number of nitrogens with one attached hydrogen (secondary N) is 3. The summed E-state index contributed by atoms with van der Waals surface area (Å²) < 4.78 is 0. The van der Waals surface area contributed by atoms with E-state index < -0.39 is 60.2 Å². The van der Waals surface area contributed by atoms with E-state index in [-0.39, 0.29) is 30.3 Å². The third-order valence-electron chi connectivity index (χ3n) is 4.88. The number of aromatic hydroxyl groups is 1. The molecule has 0 heterocycles. The standard InChI is InChI=1S/C22H32N4O8S/c1-11(2)7-17(22(33)34)26-21(32)16(9-18(28)29)25-20(31)15(24-19(30)14(23)10-35)8-12-3-5-13(27)6-4-12/h3-6,11,14-17,27,35H,7-10,23H2,1-2H3,(H,24,30)(H,25,31)(H,26,32)(H,28,29)(H,33,34). The van der Waals surface area contributed by atoms with E-state index in [9.17, 15) is 39.3 Å². The first-order chi connectivity index (χ1) is 16.3. The average molecular weight is 513 g/mol. The van der Waals surface area contributed by atoms with Gasteiger partial charge in [0, 0.05) is 12.2 Å². The molecule has 4 atom stereocenters. The fourth-order valence-electron chi connectivity index (χ4n) is 3.06. The summed E-state index contributed by atoms with van der Waals surface area (Å²) in [5.74, 6) is -5.36. The Labute approximate surface area is 208 Å². The Balaban J connectivity index is 3.12. The van der Waals surface area contributed by atoms with E-state index in [0.29, 0.717) is 5.56 Å². The predicted molar refractivity (Wildman–Crippen MR) is 129 cm³/mol. The van der Waals surface area contributed by atoms with Gasteiger partial charge in [-0.3, -0.25) is 19.2 Å². The van der Waals surface area contributed by atoms with E-state index in [4.69, 9.17) is 5.73 Å².